The highest BCUT2D eigenvalue weighted by Crippen LogP contribution is 2.29. The predicted molar refractivity (Wildman–Crippen MR) is 232 cm³/mol. The van der Waals surface area contributed by atoms with Crippen molar-refractivity contribution in [1.29, 1.82) is 0 Å². The van der Waals surface area contributed by atoms with Crippen LogP contribution in [0.5, 0.6) is 0 Å². The van der Waals surface area contributed by atoms with E-state index in [4.69, 9.17) is 9.47 Å². The first-order chi connectivity index (χ1) is 26.0. The van der Waals surface area contributed by atoms with E-state index in [0.29, 0.717) is 25.6 Å². The van der Waals surface area contributed by atoms with Gasteiger partial charge < -0.3 is 19.5 Å². The van der Waals surface area contributed by atoms with Gasteiger partial charge in [-0.25, -0.2) is 0 Å². The predicted octanol–water partition coefficient (Wildman–Crippen LogP) is 13.8. The van der Waals surface area contributed by atoms with Crippen molar-refractivity contribution < 1.29 is 24.2 Å². The van der Waals surface area contributed by atoms with Crippen LogP contribution in [0.1, 0.15) is 241 Å². The van der Waals surface area contributed by atoms with Gasteiger partial charge in [-0.1, -0.05) is 163 Å². The molecule has 0 rings (SSSR count). The van der Waals surface area contributed by atoms with Gasteiger partial charge in [-0.05, 0) is 96.1 Å². The average Bonchev–Trinajstić information content (AvgIpc) is 3.14. The maximum absolute atomic E-state index is 13.2. The van der Waals surface area contributed by atoms with E-state index >= 15 is 0 Å². The van der Waals surface area contributed by atoms with E-state index in [1.54, 1.807) is 0 Å². The highest BCUT2D eigenvalue weighted by atomic mass is 16.5. The number of aliphatic hydroxyl groups excluding tert-OH is 1. The van der Waals surface area contributed by atoms with Crippen LogP contribution in [0.25, 0.3) is 0 Å². The fourth-order valence-electron chi connectivity index (χ4n) is 7.56. The number of hydrogen-bond acceptors (Lipinski definition) is 6. The number of carbonyl (C=O) groups excluding carboxylic acids is 2. The van der Waals surface area contributed by atoms with Crippen LogP contribution in [0.3, 0.4) is 0 Å². The Morgan fingerprint density at radius 2 is 1.00 bits per heavy atom. The molecule has 6 heteroatoms. The van der Waals surface area contributed by atoms with Crippen molar-refractivity contribution in [2.24, 2.45) is 16.7 Å². The number of aliphatic hydroxyl groups is 1. The van der Waals surface area contributed by atoms with E-state index in [1.807, 2.05) is 0 Å². The van der Waals surface area contributed by atoms with Gasteiger partial charge in [0.25, 0.3) is 0 Å². The van der Waals surface area contributed by atoms with Gasteiger partial charge in [0.1, 0.15) is 0 Å². The van der Waals surface area contributed by atoms with E-state index in [0.717, 1.165) is 83.8 Å². The number of nitrogens with zero attached hydrogens (tertiary/aromatic N) is 1. The summed E-state index contributed by atoms with van der Waals surface area (Å²) in [6.07, 6.45) is 35.0. The Kier molecular flexibility index (Phi) is 35.5. The standard InChI is InChI=1S/C48H95NO5/c1-8-11-14-17-18-21-26-34-45(51)53-42-37-47(4,5)35-28-30-39-49(40-31-41-50)38-29-23-22-27-36-48(6,7)46(52)54-43-44(32-24-19-15-12-9-2)33-25-20-16-13-10-3/h44,50H,8-43H2,1-7H3. The Labute approximate surface area is 337 Å². The van der Waals surface area contributed by atoms with Gasteiger partial charge in [0.2, 0.25) is 0 Å². The van der Waals surface area contributed by atoms with Crippen LogP contribution in [-0.2, 0) is 19.1 Å². The Morgan fingerprint density at radius 3 is 1.57 bits per heavy atom. The van der Waals surface area contributed by atoms with Crippen molar-refractivity contribution in [3.8, 4) is 0 Å². The molecule has 322 valence electrons. The second kappa shape index (κ2) is 36.2. The number of carbonyl (C=O) groups is 2. The van der Waals surface area contributed by atoms with E-state index < -0.39 is 5.41 Å². The molecule has 0 aliphatic carbocycles. The Balaban J connectivity index is 4.35. The summed E-state index contributed by atoms with van der Waals surface area (Å²) in [5, 5.41) is 9.48. The first kappa shape index (κ1) is 52.9. The van der Waals surface area contributed by atoms with Gasteiger partial charge in [0, 0.05) is 19.6 Å². The van der Waals surface area contributed by atoms with E-state index in [1.165, 1.54) is 122 Å². The molecule has 0 amide bonds. The third-order valence-electron chi connectivity index (χ3n) is 11.7. The molecule has 0 atom stereocenters. The van der Waals surface area contributed by atoms with Crippen molar-refractivity contribution >= 4 is 11.9 Å². The molecule has 0 aromatic heterocycles. The van der Waals surface area contributed by atoms with Crippen LogP contribution in [-0.4, -0.2) is 61.4 Å². The molecule has 54 heavy (non-hydrogen) atoms. The zero-order valence-corrected chi connectivity index (χ0v) is 37.6. The second-order valence-electron chi connectivity index (χ2n) is 18.3. The molecule has 0 aromatic carbocycles. The monoisotopic (exact) mass is 766 g/mol. The summed E-state index contributed by atoms with van der Waals surface area (Å²) < 4.78 is 11.6. The van der Waals surface area contributed by atoms with E-state index in [9.17, 15) is 14.7 Å². The minimum Gasteiger partial charge on any atom is -0.466 e. The zero-order chi connectivity index (χ0) is 40.2. The van der Waals surface area contributed by atoms with Crippen molar-refractivity contribution in [3.63, 3.8) is 0 Å². The van der Waals surface area contributed by atoms with Gasteiger partial charge in [-0.2, -0.15) is 0 Å². The first-order valence-corrected chi connectivity index (χ1v) is 23.7. The molecule has 0 saturated carbocycles. The lowest BCUT2D eigenvalue weighted by Gasteiger charge is -2.26. The Hall–Kier alpha value is -1.14. The smallest absolute Gasteiger partial charge is 0.311 e. The highest BCUT2D eigenvalue weighted by Gasteiger charge is 2.29. The SMILES string of the molecule is CCCCCCCCCC(=O)OCCC(C)(C)CCCCN(CCCO)CCCCCCC(C)(C)C(=O)OCC(CCCCCCC)CCCCCCC. The zero-order valence-electron chi connectivity index (χ0n) is 37.6. The minimum atomic E-state index is -0.428. The van der Waals surface area contributed by atoms with Crippen LogP contribution in [0.2, 0.25) is 0 Å². The molecule has 0 unspecified atom stereocenters. The summed E-state index contributed by atoms with van der Waals surface area (Å²) in [6, 6.07) is 0. The number of unbranched alkanes of at least 4 members (excludes halogenated alkanes) is 18. The molecule has 0 aliphatic heterocycles. The fraction of sp³-hybridized carbons (Fsp3) is 0.958. The number of hydrogen-bond donors (Lipinski definition) is 1. The normalized spacial score (nSPS) is 12.3. The largest absolute Gasteiger partial charge is 0.466 e. The van der Waals surface area contributed by atoms with Crippen molar-refractivity contribution in [2.75, 3.05) is 39.5 Å². The lowest BCUT2D eigenvalue weighted by molar-refractivity contribution is -0.156. The van der Waals surface area contributed by atoms with Gasteiger partial charge in [-0.15, -0.1) is 0 Å². The van der Waals surface area contributed by atoms with Crippen molar-refractivity contribution in [1.82, 2.24) is 4.90 Å². The molecule has 6 nitrogen and oxygen atoms in total. The van der Waals surface area contributed by atoms with Gasteiger partial charge in [-0.3, -0.25) is 9.59 Å². The molecule has 0 bridgehead atoms. The van der Waals surface area contributed by atoms with E-state index in [2.05, 4.69) is 53.4 Å². The number of rotatable bonds is 41. The summed E-state index contributed by atoms with van der Waals surface area (Å²) in [5.41, 5.74) is -0.262. The summed E-state index contributed by atoms with van der Waals surface area (Å²) in [5.74, 6) is 0.465. The average molecular weight is 766 g/mol. The molecular formula is C48H95NO5. The van der Waals surface area contributed by atoms with E-state index in [-0.39, 0.29) is 24.0 Å². The third-order valence-corrected chi connectivity index (χ3v) is 11.7. The van der Waals surface area contributed by atoms with Crippen LogP contribution < -0.4 is 0 Å². The summed E-state index contributed by atoms with van der Waals surface area (Å²) in [7, 11) is 0. The summed E-state index contributed by atoms with van der Waals surface area (Å²) in [6.45, 7) is 20.0. The molecule has 0 fully saturated rings. The molecule has 0 spiro atoms. The number of esters is 2. The first-order valence-electron chi connectivity index (χ1n) is 23.7. The van der Waals surface area contributed by atoms with Crippen LogP contribution >= 0.6 is 0 Å². The Bertz CT molecular complexity index is 829. The lowest BCUT2D eigenvalue weighted by Crippen LogP contribution is -2.29. The maximum Gasteiger partial charge on any atom is 0.311 e. The molecule has 0 aliphatic rings. The van der Waals surface area contributed by atoms with Gasteiger partial charge in [0.05, 0.1) is 18.6 Å². The molecule has 0 radical (unpaired) electrons. The molecule has 1 N–H and O–H groups in total. The highest BCUT2D eigenvalue weighted by molar-refractivity contribution is 5.75. The third kappa shape index (κ3) is 33.0. The molecule has 0 heterocycles. The molecular weight excluding hydrogens is 671 g/mol. The summed E-state index contributed by atoms with van der Waals surface area (Å²) >= 11 is 0. The Morgan fingerprint density at radius 1 is 0.537 bits per heavy atom. The molecule has 0 aromatic rings. The minimum absolute atomic E-state index is 0.0114. The van der Waals surface area contributed by atoms with Crippen LogP contribution in [0.15, 0.2) is 0 Å². The lowest BCUT2D eigenvalue weighted by atomic mass is 9.84. The summed E-state index contributed by atoms with van der Waals surface area (Å²) in [4.78, 5) is 27.9. The van der Waals surface area contributed by atoms with Gasteiger partial charge in [0.15, 0.2) is 0 Å². The van der Waals surface area contributed by atoms with Gasteiger partial charge >= 0.3 is 11.9 Å². The van der Waals surface area contributed by atoms with Crippen molar-refractivity contribution in [3.05, 3.63) is 0 Å². The van der Waals surface area contributed by atoms with Crippen LogP contribution in [0, 0.1) is 16.7 Å². The number of ether oxygens (including phenoxy) is 2. The van der Waals surface area contributed by atoms with Crippen LogP contribution in [0.4, 0.5) is 0 Å². The molecule has 0 saturated heterocycles. The van der Waals surface area contributed by atoms with Crippen molar-refractivity contribution in [2.45, 2.75) is 241 Å². The maximum atomic E-state index is 13.2. The quantitative estimate of drug-likeness (QED) is 0.0493. The fourth-order valence-corrected chi connectivity index (χ4v) is 7.56. The second-order valence-corrected chi connectivity index (χ2v) is 18.3. The topological polar surface area (TPSA) is 76.1 Å².